The van der Waals surface area contributed by atoms with Crippen molar-refractivity contribution in [3.05, 3.63) is 35.9 Å². The van der Waals surface area contributed by atoms with Crippen molar-refractivity contribution in [1.29, 1.82) is 0 Å². The van der Waals surface area contributed by atoms with E-state index in [1.54, 1.807) is 18.2 Å². The third-order valence-corrected chi connectivity index (χ3v) is 3.91. The average Bonchev–Trinajstić information content (AvgIpc) is 2.59. The van der Waals surface area contributed by atoms with Crippen molar-refractivity contribution in [2.75, 3.05) is 0 Å². The molecule has 1 unspecified atom stereocenters. The maximum absolute atomic E-state index is 14.4. The lowest BCUT2D eigenvalue weighted by atomic mass is 9.90. The van der Waals surface area contributed by atoms with E-state index in [1.807, 2.05) is 6.92 Å². The first-order valence-corrected chi connectivity index (χ1v) is 6.77. The van der Waals surface area contributed by atoms with Crippen molar-refractivity contribution in [3.63, 3.8) is 0 Å². The number of rotatable bonds is 4. The monoisotopic (exact) mass is 270 g/mol. The predicted octanol–water partition coefficient (Wildman–Crippen LogP) is 3.69. The van der Waals surface area contributed by atoms with E-state index in [9.17, 15) is 13.9 Å². The van der Waals surface area contributed by atoms with E-state index >= 15 is 0 Å². The predicted molar refractivity (Wildman–Crippen MR) is 68.8 cm³/mol. The highest BCUT2D eigenvalue weighted by Gasteiger charge is 2.66. The van der Waals surface area contributed by atoms with E-state index in [0.29, 0.717) is 6.42 Å². The molecule has 1 N–H and O–H groups in total. The van der Waals surface area contributed by atoms with E-state index in [-0.39, 0.29) is 5.56 Å². The topological polar surface area (TPSA) is 29.5 Å². The van der Waals surface area contributed by atoms with Crippen LogP contribution in [0.2, 0.25) is 0 Å². The summed E-state index contributed by atoms with van der Waals surface area (Å²) in [5, 5.41) is 10.4. The lowest BCUT2D eigenvalue weighted by Crippen LogP contribution is -2.44. The zero-order valence-corrected chi connectivity index (χ0v) is 11.3. The lowest BCUT2D eigenvalue weighted by Gasteiger charge is -2.29. The van der Waals surface area contributed by atoms with Crippen molar-refractivity contribution in [3.8, 4) is 0 Å². The second kappa shape index (κ2) is 5.17. The second-order valence-corrected chi connectivity index (χ2v) is 5.22. The van der Waals surface area contributed by atoms with Gasteiger partial charge in [-0.15, -0.1) is 0 Å². The molecule has 1 heterocycles. The number of hydrogen-bond donors (Lipinski definition) is 1. The summed E-state index contributed by atoms with van der Waals surface area (Å²) in [6.45, 7) is 3.45. The summed E-state index contributed by atoms with van der Waals surface area (Å²) >= 11 is 0. The first-order valence-electron chi connectivity index (χ1n) is 6.77. The normalized spacial score (nSPS) is 33.5. The number of aliphatic hydroxyl groups is 1. The van der Waals surface area contributed by atoms with Crippen LogP contribution in [0.5, 0.6) is 0 Å². The Hall–Kier alpha value is -1.00. The molecule has 1 aliphatic heterocycles. The molecule has 3 atom stereocenters. The van der Waals surface area contributed by atoms with Gasteiger partial charge in [-0.1, -0.05) is 57.0 Å². The van der Waals surface area contributed by atoms with E-state index in [2.05, 4.69) is 0 Å². The molecule has 2 nitrogen and oxygen atoms in total. The molecule has 0 saturated carbocycles. The average molecular weight is 270 g/mol. The number of alkyl halides is 2. The van der Waals surface area contributed by atoms with Crippen LogP contribution in [0.4, 0.5) is 8.78 Å². The number of unbranched alkanes of at least 4 members (excludes halogenated alkanes) is 1. The molecule has 0 aromatic heterocycles. The smallest absolute Gasteiger partial charge is 0.310 e. The van der Waals surface area contributed by atoms with Crippen molar-refractivity contribution < 1.29 is 18.6 Å². The summed E-state index contributed by atoms with van der Waals surface area (Å²) < 4.78 is 34.1. The highest BCUT2D eigenvalue weighted by molar-refractivity contribution is 5.25. The van der Waals surface area contributed by atoms with Gasteiger partial charge in [-0.3, -0.25) is 0 Å². The van der Waals surface area contributed by atoms with Crippen LogP contribution < -0.4 is 0 Å². The fourth-order valence-electron chi connectivity index (χ4n) is 2.58. The number of benzene rings is 1. The molecular formula is C15H20F2O2. The Morgan fingerprint density at radius 2 is 1.89 bits per heavy atom. The second-order valence-electron chi connectivity index (χ2n) is 5.22. The Morgan fingerprint density at radius 3 is 2.47 bits per heavy atom. The summed E-state index contributed by atoms with van der Waals surface area (Å²) in [7, 11) is 0. The Kier molecular flexibility index (Phi) is 3.92. The van der Waals surface area contributed by atoms with Gasteiger partial charge in [0.25, 0.3) is 5.79 Å². The van der Waals surface area contributed by atoms with Crippen LogP contribution in [0.1, 0.15) is 38.7 Å². The Balaban J connectivity index is 2.30. The minimum atomic E-state index is -3.28. The molecule has 1 fully saturated rings. The SMILES string of the molecule is CCCC[C@H]1OC(O)(c2ccccc2)C(F)(F)[C@H]1C. The van der Waals surface area contributed by atoms with Gasteiger partial charge in [0.1, 0.15) is 0 Å². The summed E-state index contributed by atoms with van der Waals surface area (Å²) in [4.78, 5) is 0. The highest BCUT2D eigenvalue weighted by atomic mass is 19.3. The Labute approximate surface area is 112 Å². The third-order valence-electron chi connectivity index (χ3n) is 3.91. The van der Waals surface area contributed by atoms with Gasteiger partial charge in [0.15, 0.2) is 0 Å². The zero-order chi connectivity index (χ0) is 14.1. The lowest BCUT2D eigenvalue weighted by molar-refractivity contribution is -0.292. The largest absolute Gasteiger partial charge is 0.357 e. The first-order chi connectivity index (χ1) is 8.93. The van der Waals surface area contributed by atoms with Gasteiger partial charge in [0.2, 0.25) is 0 Å². The van der Waals surface area contributed by atoms with E-state index < -0.39 is 23.7 Å². The molecule has 1 aromatic carbocycles. The molecule has 1 aromatic rings. The fraction of sp³-hybridized carbons (Fsp3) is 0.600. The quantitative estimate of drug-likeness (QED) is 0.904. The molecule has 0 aliphatic carbocycles. The highest BCUT2D eigenvalue weighted by Crippen LogP contribution is 2.52. The summed E-state index contributed by atoms with van der Waals surface area (Å²) in [5.41, 5.74) is 0.117. The van der Waals surface area contributed by atoms with Gasteiger partial charge in [0.05, 0.1) is 12.0 Å². The molecule has 4 heteroatoms. The minimum Gasteiger partial charge on any atom is -0.357 e. The van der Waals surface area contributed by atoms with Gasteiger partial charge < -0.3 is 9.84 Å². The molecular weight excluding hydrogens is 250 g/mol. The summed E-state index contributed by atoms with van der Waals surface area (Å²) in [6, 6.07) is 7.91. The van der Waals surface area contributed by atoms with Crippen LogP contribution in [0.25, 0.3) is 0 Å². The first kappa shape index (κ1) is 14.4. The van der Waals surface area contributed by atoms with Crippen LogP contribution in [-0.4, -0.2) is 17.1 Å². The summed E-state index contributed by atoms with van der Waals surface area (Å²) in [6.07, 6.45) is 1.67. The van der Waals surface area contributed by atoms with E-state index in [0.717, 1.165) is 12.8 Å². The number of ether oxygens (including phenoxy) is 1. The van der Waals surface area contributed by atoms with E-state index in [4.69, 9.17) is 4.74 Å². The fourth-order valence-corrected chi connectivity index (χ4v) is 2.58. The molecule has 19 heavy (non-hydrogen) atoms. The Bertz CT molecular complexity index is 421. The van der Waals surface area contributed by atoms with Crippen LogP contribution in [0.15, 0.2) is 30.3 Å². The molecule has 0 spiro atoms. The molecule has 1 saturated heterocycles. The third kappa shape index (κ3) is 2.28. The van der Waals surface area contributed by atoms with Crippen LogP contribution in [0.3, 0.4) is 0 Å². The van der Waals surface area contributed by atoms with Crippen molar-refractivity contribution in [1.82, 2.24) is 0 Å². The molecule has 0 amide bonds. The van der Waals surface area contributed by atoms with Crippen LogP contribution in [-0.2, 0) is 10.5 Å². The van der Waals surface area contributed by atoms with Gasteiger partial charge in [-0.05, 0) is 6.42 Å². The zero-order valence-electron chi connectivity index (χ0n) is 11.3. The summed E-state index contributed by atoms with van der Waals surface area (Å²) in [5.74, 6) is -6.79. The van der Waals surface area contributed by atoms with E-state index in [1.165, 1.54) is 19.1 Å². The van der Waals surface area contributed by atoms with Crippen LogP contribution >= 0.6 is 0 Å². The van der Waals surface area contributed by atoms with Gasteiger partial charge in [0, 0.05) is 5.56 Å². The molecule has 0 bridgehead atoms. The molecule has 106 valence electrons. The van der Waals surface area contributed by atoms with Crippen molar-refractivity contribution in [2.45, 2.75) is 50.9 Å². The van der Waals surface area contributed by atoms with Gasteiger partial charge in [-0.25, -0.2) is 0 Å². The molecule has 1 aliphatic rings. The molecule has 2 rings (SSSR count). The van der Waals surface area contributed by atoms with Gasteiger partial charge >= 0.3 is 5.92 Å². The maximum atomic E-state index is 14.4. The number of hydrogen-bond acceptors (Lipinski definition) is 2. The Morgan fingerprint density at radius 1 is 1.26 bits per heavy atom. The minimum absolute atomic E-state index is 0.117. The number of halogens is 2. The van der Waals surface area contributed by atoms with Crippen molar-refractivity contribution in [2.24, 2.45) is 5.92 Å². The van der Waals surface area contributed by atoms with Crippen molar-refractivity contribution >= 4 is 0 Å². The standard InChI is InChI=1S/C15H20F2O2/c1-3-4-10-13-11(2)14(16,17)15(18,19-13)12-8-6-5-7-9-12/h5-9,11,13,18H,3-4,10H2,1-2H3/t11-,13+,15?/m0/s1. The maximum Gasteiger partial charge on any atom is 0.310 e. The van der Waals surface area contributed by atoms with Crippen LogP contribution in [0, 0.1) is 5.92 Å². The molecule has 0 radical (unpaired) electrons. The van der Waals surface area contributed by atoms with Gasteiger partial charge in [-0.2, -0.15) is 8.78 Å².